The highest BCUT2D eigenvalue weighted by molar-refractivity contribution is 6.32. The molecule has 4 nitrogen and oxygen atoms in total. The average Bonchev–Trinajstić information content (AvgIpc) is 2.64. The van der Waals surface area contributed by atoms with Crippen LogP contribution in [0.25, 0.3) is 5.69 Å². The fourth-order valence-corrected chi connectivity index (χ4v) is 1.45. The standard InChI is InChI=1S/C9H9ClN4/c1-6-4-9(7(10)5-8(6)11)14-3-2-12-13-14/h2-5H,11H2,1H3. The first-order valence-corrected chi connectivity index (χ1v) is 4.48. The molecule has 0 saturated heterocycles. The Bertz CT molecular complexity index is 450. The van der Waals surface area contributed by atoms with Crippen LogP contribution in [0.4, 0.5) is 5.69 Å². The second kappa shape index (κ2) is 3.31. The van der Waals surface area contributed by atoms with E-state index in [-0.39, 0.29) is 0 Å². The van der Waals surface area contributed by atoms with Gasteiger partial charge in [0.25, 0.3) is 0 Å². The van der Waals surface area contributed by atoms with Crippen LogP contribution in [-0.2, 0) is 0 Å². The maximum atomic E-state index is 6.02. The molecule has 0 amide bonds. The molecule has 2 rings (SSSR count). The maximum absolute atomic E-state index is 6.02. The number of aromatic nitrogens is 3. The lowest BCUT2D eigenvalue weighted by Crippen LogP contribution is -1.99. The fraction of sp³-hybridized carbons (Fsp3) is 0.111. The molecule has 2 N–H and O–H groups in total. The number of rotatable bonds is 1. The van der Waals surface area contributed by atoms with E-state index in [0.29, 0.717) is 10.7 Å². The van der Waals surface area contributed by atoms with E-state index in [9.17, 15) is 0 Å². The third-order valence-corrected chi connectivity index (χ3v) is 2.31. The van der Waals surface area contributed by atoms with Gasteiger partial charge in [0.1, 0.15) is 0 Å². The molecule has 0 radical (unpaired) electrons. The van der Waals surface area contributed by atoms with Crippen LogP contribution in [0.5, 0.6) is 0 Å². The lowest BCUT2D eigenvalue weighted by molar-refractivity contribution is 0.803. The van der Waals surface area contributed by atoms with Crippen LogP contribution < -0.4 is 5.73 Å². The molecule has 0 saturated carbocycles. The zero-order chi connectivity index (χ0) is 10.1. The second-order valence-corrected chi connectivity index (χ2v) is 3.42. The first-order chi connectivity index (χ1) is 6.68. The Morgan fingerprint density at radius 3 is 2.86 bits per heavy atom. The van der Waals surface area contributed by atoms with Gasteiger partial charge in [-0.2, -0.15) is 0 Å². The van der Waals surface area contributed by atoms with E-state index >= 15 is 0 Å². The van der Waals surface area contributed by atoms with Crippen molar-refractivity contribution in [1.82, 2.24) is 15.0 Å². The van der Waals surface area contributed by atoms with Gasteiger partial charge in [0, 0.05) is 5.69 Å². The normalized spacial score (nSPS) is 10.4. The molecule has 14 heavy (non-hydrogen) atoms. The SMILES string of the molecule is Cc1cc(-n2ccnn2)c(Cl)cc1N. The van der Waals surface area contributed by atoms with Crippen molar-refractivity contribution in [3.8, 4) is 5.69 Å². The molecule has 0 bridgehead atoms. The fourth-order valence-electron chi connectivity index (χ4n) is 1.19. The summed E-state index contributed by atoms with van der Waals surface area (Å²) in [6.45, 7) is 1.92. The zero-order valence-corrected chi connectivity index (χ0v) is 8.36. The van der Waals surface area contributed by atoms with Gasteiger partial charge < -0.3 is 5.73 Å². The highest BCUT2D eigenvalue weighted by Gasteiger charge is 2.05. The number of aryl methyl sites for hydroxylation is 1. The largest absolute Gasteiger partial charge is 0.398 e. The summed E-state index contributed by atoms with van der Waals surface area (Å²) in [4.78, 5) is 0. The van der Waals surface area contributed by atoms with Crippen molar-refractivity contribution >= 4 is 17.3 Å². The van der Waals surface area contributed by atoms with Crippen LogP contribution in [0, 0.1) is 6.92 Å². The Morgan fingerprint density at radius 1 is 1.43 bits per heavy atom. The topological polar surface area (TPSA) is 56.7 Å². The predicted molar refractivity (Wildman–Crippen MR) is 55.5 cm³/mol. The molecular weight excluding hydrogens is 200 g/mol. The molecule has 0 aliphatic rings. The third-order valence-electron chi connectivity index (χ3n) is 2.00. The van der Waals surface area contributed by atoms with E-state index in [1.807, 2.05) is 13.0 Å². The van der Waals surface area contributed by atoms with Crippen molar-refractivity contribution in [3.05, 3.63) is 35.1 Å². The molecule has 0 aliphatic heterocycles. The van der Waals surface area contributed by atoms with Crippen LogP contribution in [0.3, 0.4) is 0 Å². The number of benzene rings is 1. The van der Waals surface area contributed by atoms with Crippen molar-refractivity contribution in [1.29, 1.82) is 0 Å². The molecule has 0 spiro atoms. The number of hydrogen-bond acceptors (Lipinski definition) is 3. The van der Waals surface area contributed by atoms with E-state index in [1.165, 1.54) is 0 Å². The monoisotopic (exact) mass is 208 g/mol. The van der Waals surface area contributed by atoms with E-state index in [2.05, 4.69) is 10.3 Å². The molecule has 0 atom stereocenters. The van der Waals surface area contributed by atoms with Gasteiger partial charge in [-0.3, -0.25) is 0 Å². The Labute approximate surface area is 86.3 Å². The summed E-state index contributed by atoms with van der Waals surface area (Å²) in [7, 11) is 0. The number of nitrogens with zero attached hydrogens (tertiary/aromatic N) is 3. The van der Waals surface area contributed by atoms with Gasteiger partial charge in [0.2, 0.25) is 0 Å². The highest BCUT2D eigenvalue weighted by atomic mass is 35.5. The lowest BCUT2D eigenvalue weighted by Gasteiger charge is -2.06. The van der Waals surface area contributed by atoms with Crippen LogP contribution in [0.15, 0.2) is 24.5 Å². The van der Waals surface area contributed by atoms with Gasteiger partial charge >= 0.3 is 0 Å². The van der Waals surface area contributed by atoms with Crippen molar-refractivity contribution in [3.63, 3.8) is 0 Å². The van der Waals surface area contributed by atoms with Crippen molar-refractivity contribution < 1.29 is 0 Å². The quantitative estimate of drug-likeness (QED) is 0.728. The summed E-state index contributed by atoms with van der Waals surface area (Å²) >= 11 is 6.02. The van der Waals surface area contributed by atoms with Crippen LogP contribution in [0.2, 0.25) is 5.02 Å². The first kappa shape index (κ1) is 9.02. The van der Waals surface area contributed by atoms with E-state index in [4.69, 9.17) is 17.3 Å². The minimum Gasteiger partial charge on any atom is -0.398 e. The van der Waals surface area contributed by atoms with Gasteiger partial charge in [0.15, 0.2) is 0 Å². The first-order valence-electron chi connectivity index (χ1n) is 4.11. The van der Waals surface area contributed by atoms with Crippen LogP contribution in [0.1, 0.15) is 5.56 Å². The van der Waals surface area contributed by atoms with E-state index in [1.54, 1.807) is 23.1 Å². The summed E-state index contributed by atoms with van der Waals surface area (Å²) in [5.74, 6) is 0. The molecule has 5 heteroatoms. The van der Waals surface area contributed by atoms with Gasteiger partial charge in [-0.1, -0.05) is 16.8 Å². The van der Waals surface area contributed by atoms with Gasteiger partial charge in [-0.05, 0) is 24.6 Å². The number of hydrogen-bond donors (Lipinski definition) is 1. The number of anilines is 1. The van der Waals surface area contributed by atoms with Gasteiger partial charge in [-0.15, -0.1) is 5.10 Å². The summed E-state index contributed by atoms with van der Waals surface area (Å²) in [6, 6.07) is 3.60. The third kappa shape index (κ3) is 1.44. The Balaban J connectivity index is 2.60. The van der Waals surface area contributed by atoms with E-state index in [0.717, 1.165) is 11.3 Å². The minimum atomic E-state index is 0.568. The zero-order valence-electron chi connectivity index (χ0n) is 7.61. The maximum Gasteiger partial charge on any atom is 0.0853 e. The molecule has 1 aromatic carbocycles. The predicted octanol–water partition coefficient (Wildman–Crippen LogP) is 1.81. The molecule has 72 valence electrons. The van der Waals surface area contributed by atoms with Crippen LogP contribution >= 0.6 is 11.6 Å². The van der Waals surface area contributed by atoms with Crippen LogP contribution in [-0.4, -0.2) is 15.0 Å². The smallest absolute Gasteiger partial charge is 0.0853 e. The summed E-state index contributed by atoms with van der Waals surface area (Å²) in [5.41, 5.74) is 8.15. The molecule has 0 fully saturated rings. The molecule has 2 aromatic rings. The second-order valence-electron chi connectivity index (χ2n) is 3.01. The van der Waals surface area contributed by atoms with Gasteiger partial charge in [0.05, 0.1) is 23.1 Å². The molecule has 0 aliphatic carbocycles. The van der Waals surface area contributed by atoms with Crippen molar-refractivity contribution in [2.45, 2.75) is 6.92 Å². The molecule has 1 aromatic heterocycles. The lowest BCUT2D eigenvalue weighted by atomic mass is 10.2. The molecule has 1 heterocycles. The van der Waals surface area contributed by atoms with E-state index < -0.39 is 0 Å². The highest BCUT2D eigenvalue weighted by Crippen LogP contribution is 2.25. The Kier molecular flexibility index (Phi) is 2.13. The van der Waals surface area contributed by atoms with Crippen molar-refractivity contribution in [2.75, 3.05) is 5.73 Å². The summed E-state index contributed by atoms with van der Waals surface area (Å²) in [5, 5.41) is 8.14. The number of nitrogen functional groups attached to an aromatic ring is 1. The number of halogens is 1. The Morgan fingerprint density at radius 2 is 2.21 bits per heavy atom. The van der Waals surface area contributed by atoms with Crippen molar-refractivity contribution in [2.24, 2.45) is 0 Å². The molecule has 0 unspecified atom stereocenters. The summed E-state index contributed by atoms with van der Waals surface area (Å²) in [6.07, 6.45) is 3.33. The average molecular weight is 209 g/mol. The number of nitrogens with two attached hydrogens (primary N) is 1. The summed E-state index contributed by atoms with van der Waals surface area (Å²) < 4.78 is 1.61. The molecular formula is C9H9ClN4. The van der Waals surface area contributed by atoms with Gasteiger partial charge in [-0.25, -0.2) is 4.68 Å². The Hall–Kier alpha value is -1.55. The minimum absolute atomic E-state index is 0.568.